The summed E-state index contributed by atoms with van der Waals surface area (Å²) in [6.07, 6.45) is 0.211. The summed E-state index contributed by atoms with van der Waals surface area (Å²) >= 11 is 0. The molecule has 9 nitrogen and oxygen atoms in total. The molecule has 0 aliphatic carbocycles. The summed E-state index contributed by atoms with van der Waals surface area (Å²) in [6, 6.07) is 7.49. The van der Waals surface area contributed by atoms with Crippen LogP contribution in [0.3, 0.4) is 0 Å². The fourth-order valence-corrected chi connectivity index (χ4v) is 2.54. The van der Waals surface area contributed by atoms with Gasteiger partial charge in [-0.05, 0) is 22.1 Å². The first-order valence-corrected chi connectivity index (χ1v) is 9.97. The van der Waals surface area contributed by atoms with Crippen molar-refractivity contribution in [3.63, 3.8) is 0 Å². The maximum absolute atomic E-state index is 12.1. The van der Waals surface area contributed by atoms with Crippen LogP contribution in [0.1, 0.15) is 38.8 Å². The maximum atomic E-state index is 12.1. The summed E-state index contributed by atoms with van der Waals surface area (Å²) < 4.78 is 5.76. The number of amides is 2. The Morgan fingerprint density at radius 3 is 2.23 bits per heavy atom. The van der Waals surface area contributed by atoms with Gasteiger partial charge in [0.1, 0.15) is 0 Å². The maximum Gasteiger partial charge on any atom is 0.239 e. The number of nitrogens with zero attached hydrogens (tertiary/aromatic N) is 3. The van der Waals surface area contributed by atoms with Crippen molar-refractivity contribution in [2.24, 2.45) is 21.7 Å². The van der Waals surface area contributed by atoms with Crippen molar-refractivity contribution in [3.8, 4) is 0 Å². The Labute approximate surface area is 178 Å². The van der Waals surface area contributed by atoms with E-state index in [2.05, 4.69) is 20.7 Å². The number of benzene rings is 1. The van der Waals surface area contributed by atoms with Crippen LogP contribution in [0.25, 0.3) is 10.4 Å². The van der Waals surface area contributed by atoms with E-state index in [4.69, 9.17) is 16.0 Å². The molecule has 0 atom stereocenters. The highest BCUT2D eigenvalue weighted by Gasteiger charge is 2.23. The highest BCUT2D eigenvalue weighted by Crippen LogP contribution is 2.19. The van der Waals surface area contributed by atoms with Gasteiger partial charge in [0, 0.05) is 30.0 Å². The van der Waals surface area contributed by atoms with Crippen LogP contribution in [0.4, 0.5) is 0 Å². The second kappa shape index (κ2) is 12.2. The van der Waals surface area contributed by atoms with Gasteiger partial charge in [0.05, 0.1) is 26.2 Å². The molecule has 0 radical (unpaired) electrons. The molecule has 0 aliphatic rings. The van der Waals surface area contributed by atoms with E-state index in [0.717, 1.165) is 11.1 Å². The molecule has 0 aliphatic heterocycles. The molecule has 0 fully saturated rings. The van der Waals surface area contributed by atoms with Gasteiger partial charge in [-0.3, -0.25) is 9.59 Å². The number of hydrogen-bond acceptors (Lipinski definition) is 5. The lowest BCUT2D eigenvalue weighted by Gasteiger charge is -2.28. The molecule has 0 heterocycles. The lowest BCUT2D eigenvalue weighted by Crippen LogP contribution is -2.42. The second-order valence-electron chi connectivity index (χ2n) is 8.96. The second-order valence-corrected chi connectivity index (χ2v) is 8.96. The van der Waals surface area contributed by atoms with E-state index >= 15 is 0 Å². The highest BCUT2D eigenvalue weighted by molar-refractivity contribution is 5.85. The summed E-state index contributed by atoms with van der Waals surface area (Å²) in [4.78, 5) is 26.8. The molecule has 1 aromatic carbocycles. The number of carbonyl (C=O) groups excluding carboxylic acids is 2. The van der Waals surface area contributed by atoms with Gasteiger partial charge in [-0.1, -0.05) is 57.1 Å². The van der Waals surface area contributed by atoms with Crippen LogP contribution >= 0.6 is 0 Å². The quantitative estimate of drug-likeness (QED) is 0.256. The van der Waals surface area contributed by atoms with E-state index in [0.29, 0.717) is 32.8 Å². The predicted octanol–water partition coefficient (Wildman–Crippen LogP) is 2.30. The standard InChI is InChI=1S/C21H34N6O3/c1-20(2,14-30-15-21(3,4)13-26-27-23)12-25-19(29)11-24-18(28)9-16-5-7-17(10-22)8-6-16/h5-8H,9-15,22H2,1-4H3,(H,24,28)(H,25,29). The van der Waals surface area contributed by atoms with Crippen LogP contribution < -0.4 is 16.4 Å². The van der Waals surface area contributed by atoms with Crippen molar-refractivity contribution in [2.45, 2.75) is 40.7 Å². The third-order valence-electron chi connectivity index (χ3n) is 4.38. The molecule has 166 valence electrons. The van der Waals surface area contributed by atoms with E-state index in [1.54, 1.807) is 0 Å². The first-order valence-electron chi connectivity index (χ1n) is 9.97. The number of azide groups is 1. The van der Waals surface area contributed by atoms with Crippen LogP contribution in [-0.4, -0.2) is 44.7 Å². The average Bonchev–Trinajstić information content (AvgIpc) is 2.69. The topological polar surface area (TPSA) is 142 Å². The van der Waals surface area contributed by atoms with E-state index in [9.17, 15) is 9.59 Å². The zero-order chi connectivity index (χ0) is 22.6. The third-order valence-corrected chi connectivity index (χ3v) is 4.38. The number of nitrogens with one attached hydrogen (secondary N) is 2. The Bertz CT molecular complexity index is 740. The molecule has 2 amide bonds. The van der Waals surface area contributed by atoms with E-state index < -0.39 is 0 Å². The molecule has 0 spiro atoms. The van der Waals surface area contributed by atoms with Crippen molar-refractivity contribution in [1.82, 2.24) is 10.6 Å². The molecule has 4 N–H and O–H groups in total. The highest BCUT2D eigenvalue weighted by atomic mass is 16.5. The van der Waals surface area contributed by atoms with Gasteiger partial charge in [0.2, 0.25) is 11.8 Å². The number of hydrogen-bond donors (Lipinski definition) is 3. The minimum atomic E-state index is -0.279. The Balaban J connectivity index is 2.29. The Kier molecular flexibility index (Phi) is 10.3. The first kappa shape index (κ1) is 25.4. The van der Waals surface area contributed by atoms with Crippen molar-refractivity contribution in [3.05, 3.63) is 45.8 Å². The van der Waals surface area contributed by atoms with Crippen LogP contribution in [0.15, 0.2) is 29.4 Å². The van der Waals surface area contributed by atoms with E-state index in [1.165, 1.54) is 0 Å². The average molecular weight is 419 g/mol. The van der Waals surface area contributed by atoms with Gasteiger partial charge in [0.25, 0.3) is 0 Å². The van der Waals surface area contributed by atoms with Crippen molar-refractivity contribution < 1.29 is 14.3 Å². The van der Waals surface area contributed by atoms with Crippen LogP contribution in [-0.2, 0) is 27.3 Å². The molecule has 9 heteroatoms. The Hall–Kier alpha value is -2.61. The van der Waals surface area contributed by atoms with E-state index in [-0.39, 0.29) is 35.6 Å². The van der Waals surface area contributed by atoms with Crippen molar-refractivity contribution in [1.29, 1.82) is 0 Å². The molecule has 30 heavy (non-hydrogen) atoms. The van der Waals surface area contributed by atoms with Crippen molar-refractivity contribution in [2.75, 3.05) is 32.8 Å². The third kappa shape index (κ3) is 10.8. The molecule has 1 aromatic rings. The predicted molar refractivity (Wildman–Crippen MR) is 116 cm³/mol. The smallest absolute Gasteiger partial charge is 0.239 e. The molecule has 0 unspecified atom stereocenters. The van der Waals surface area contributed by atoms with Gasteiger partial charge in [0.15, 0.2) is 0 Å². The van der Waals surface area contributed by atoms with Gasteiger partial charge in [-0.2, -0.15) is 0 Å². The number of carbonyl (C=O) groups is 2. The van der Waals surface area contributed by atoms with Gasteiger partial charge in [-0.15, -0.1) is 0 Å². The van der Waals surface area contributed by atoms with Crippen LogP contribution in [0.2, 0.25) is 0 Å². The summed E-state index contributed by atoms with van der Waals surface area (Å²) in [5.41, 5.74) is 15.3. The van der Waals surface area contributed by atoms with Crippen LogP contribution in [0.5, 0.6) is 0 Å². The fraction of sp³-hybridized carbons (Fsp3) is 0.619. The number of nitrogens with two attached hydrogens (primary N) is 1. The minimum Gasteiger partial charge on any atom is -0.380 e. The summed E-state index contributed by atoms with van der Waals surface area (Å²) in [6.45, 7) is 9.95. The number of ether oxygens (including phenoxy) is 1. The monoisotopic (exact) mass is 418 g/mol. The molecule has 1 rings (SSSR count). The molecule has 0 saturated heterocycles. The molecule has 0 saturated carbocycles. The van der Waals surface area contributed by atoms with E-state index in [1.807, 2.05) is 52.0 Å². The molecular weight excluding hydrogens is 384 g/mol. The normalized spacial score (nSPS) is 11.5. The minimum absolute atomic E-state index is 0.0736. The lowest BCUT2D eigenvalue weighted by molar-refractivity contribution is -0.126. The SMILES string of the molecule is CC(C)(CN=[N+]=[N-])COCC(C)(C)CNC(=O)CNC(=O)Cc1ccc(CN)cc1. The zero-order valence-corrected chi connectivity index (χ0v) is 18.4. The largest absolute Gasteiger partial charge is 0.380 e. The Morgan fingerprint density at radius 2 is 1.63 bits per heavy atom. The fourth-order valence-electron chi connectivity index (χ4n) is 2.54. The van der Waals surface area contributed by atoms with Gasteiger partial charge < -0.3 is 21.1 Å². The van der Waals surface area contributed by atoms with Crippen LogP contribution in [0, 0.1) is 10.8 Å². The Morgan fingerprint density at radius 1 is 1.03 bits per heavy atom. The van der Waals surface area contributed by atoms with Gasteiger partial charge >= 0.3 is 0 Å². The molecule has 0 aromatic heterocycles. The lowest BCUT2D eigenvalue weighted by atomic mass is 9.93. The summed E-state index contributed by atoms with van der Waals surface area (Å²) in [5.74, 6) is -0.464. The molecular formula is C21H34N6O3. The first-order chi connectivity index (χ1) is 14.1. The van der Waals surface area contributed by atoms with Gasteiger partial charge in [-0.25, -0.2) is 0 Å². The molecule has 0 bridgehead atoms. The van der Waals surface area contributed by atoms with Crippen molar-refractivity contribution >= 4 is 11.8 Å². The summed E-state index contributed by atoms with van der Waals surface area (Å²) in [5, 5.41) is 9.05. The zero-order valence-electron chi connectivity index (χ0n) is 18.4. The number of rotatable bonds is 13. The summed E-state index contributed by atoms with van der Waals surface area (Å²) in [7, 11) is 0.